The Morgan fingerprint density at radius 1 is 0.933 bits per heavy atom. The maximum Gasteiger partial charge on any atom is 0.252 e. The van der Waals surface area contributed by atoms with Gasteiger partial charge in [0.2, 0.25) is 0 Å². The Labute approximate surface area is 178 Å². The van der Waals surface area contributed by atoms with Gasteiger partial charge in [0.1, 0.15) is 5.75 Å². The van der Waals surface area contributed by atoms with E-state index in [0.29, 0.717) is 5.56 Å². The third kappa shape index (κ3) is 4.89. The van der Waals surface area contributed by atoms with Gasteiger partial charge in [0.05, 0.1) is 13.2 Å². The number of hydrogen-bond acceptors (Lipinski definition) is 3. The molecule has 3 aromatic rings. The van der Waals surface area contributed by atoms with Gasteiger partial charge >= 0.3 is 0 Å². The van der Waals surface area contributed by atoms with Crippen molar-refractivity contribution in [1.82, 2.24) is 10.2 Å². The molecule has 1 atom stereocenters. The zero-order valence-corrected chi connectivity index (χ0v) is 17.4. The molecule has 1 amide bonds. The largest absolute Gasteiger partial charge is 0.497 e. The van der Waals surface area contributed by atoms with Crippen LogP contribution in [0, 0.1) is 0 Å². The predicted octanol–water partition coefficient (Wildman–Crippen LogP) is 4.81. The summed E-state index contributed by atoms with van der Waals surface area (Å²) in [5.74, 6) is 0.731. The molecule has 1 N–H and O–H groups in total. The van der Waals surface area contributed by atoms with Crippen molar-refractivity contribution in [2.24, 2.45) is 0 Å². The number of likely N-dealkylation sites (tertiary alicyclic amines) is 1. The lowest BCUT2D eigenvalue weighted by molar-refractivity contribution is 0.0943. The molecule has 1 saturated heterocycles. The van der Waals surface area contributed by atoms with Crippen molar-refractivity contribution in [2.75, 3.05) is 20.2 Å². The number of methoxy groups -OCH3 is 1. The molecule has 3 aromatic carbocycles. The van der Waals surface area contributed by atoms with Crippen LogP contribution in [-0.4, -0.2) is 31.0 Å². The van der Waals surface area contributed by atoms with Crippen LogP contribution in [0.4, 0.5) is 0 Å². The normalized spacial score (nSPS) is 15.0. The fourth-order valence-corrected chi connectivity index (χ4v) is 4.03. The van der Waals surface area contributed by atoms with E-state index in [1.54, 1.807) is 7.11 Å². The third-order valence-electron chi connectivity index (χ3n) is 5.65. The van der Waals surface area contributed by atoms with Crippen LogP contribution >= 0.6 is 0 Å². The Balaban J connectivity index is 1.55. The van der Waals surface area contributed by atoms with Gasteiger partial charge < -0.3 is 10.1 Å². The minimum Gasteiger partial charge on any atom is -0.497 e. The van der Waals surface area contributed by atoms with Crippen LogP contribution in [0.2, 0.25) is 0 Å². The second-order valence-corrected chi connectivity index (χ2v) is 7.77. The quantitative estimate of drug-likeness (QED) is 0.619. The first kappa shape index (κ1) is 20.2. The van der Waals surface area contributed by atoms with E-state index in [9.17, 15) is 4.79 Å². The highest BCUT2D eigenvalue weighted by Crippen LogP contribution is 2.25. The molecule has 1 aliphatic heterocycles. The highest BCUT2D eigenvalue weighted by Gasteiger charge is 2.19. The SMILES string of the molecule is COc1ccc(C(NC(=O)c2cccc(CN3CCCC3)c2)c2ccccc2)cc1. The Morgan fingerprint density at radius 2 is 1.63 bits per heavy atom. The molecule has 0 bridgehead atoms. The number of nitrogens with one attached hydrogen (secondary N) is 1. The number of amides is 1. The van der Waals surface area contributed by atoms with Crippen LogP contribution in [0.3, 0.4) is 0 Å². The number of carbonyl (C=O) groups is 1. The highest BCUT2D eigenvalue weighted by molar-refractivity contribution is 5.94. The Morgan fingerprint density at radius 3 is 2.33 bits per heavy atom. The predicted molar refractivity (Wildman–Crippen MR) is 120 cm³/mol. The summed E-state index contributed by atoms with van der Waals surface area (Å²) < 4.78 is 5.28. The zero-order valence-electron chi connectivity index (χ0n) is 17.4. The van der Waals surface area contributed by atoms with Crippen molar-refractivity contribution in [2.45, 2.75) is 25.4 Å². The van der Waals surface area contributed by atoms with Crippen molar-refractivity contribution in [3.8, 4) is 5.75 Å². The average Bonchev–Trinajstić information content (AvgIpc) is 3.31. The van der Waals surface area contributed by atoms with E-state index in [2.05, 4.69) is 16.3 Å². The van der Waals surface area contributed by atoms with Crippen molar-refractivity contribution in [3.05, 3.63) is 101 Å². The van der Waals surface area contributed by atoms with Gasteiger partial charge in [-0.15, -0.1) is 0 Å². The molecule has 0 aromatic heterocycles. The third-order valence-corrected chi connectivity index (χ3v) is 5.65. The molecule has 0 radical (unpaired) electrons. The molecule has 1 unspecified atom stereocenters. The molecule has 1 fully saturated rings. The summed E-state index contributed by atoms with van der Waals surface area (Å²) in [6, 6.07) is 25.7. The molecule has 4 heteroatoms. The van der Waals surface area contributed by atoms with Crippen molar-refractivity contribution >= 4 is 5.91 Å². The van der Waals surface area contributed by atoms with Gasteiger partial charge in [-0.25, -0.2) is 0 Å². The number of ether oxygens (including phenoxy) is 1. The number of rotatable bonds is 7. The van der Waals surface area contributed by atoms with Gasteiger partial charge in [0.15, 0.2) is 0 Å². The standard InChI is InChI=1S/C26H28N2O2/c1-30-24-14-12-22(13-15-24)25(21-9-3-2-4-10-21)27-26(29)23-11-7-8-20(18-23)19-28-16-5-6-17-28/h2-4,7-15,18,25H,5-6,16-17,19H2,1H3,(H,27,29). The lowest BCUT2D eigenvalue weighted by Crippen LogP contribution is -2.29. The topological polar surface area (TPSA) is 41.6 Å². The van der Waals surface area contributed by atoms with Gasteiger partial charge in [-0.2, -0.15) is 0 Å². The summed E-state index contributed by atoms with van der Waals surface area (Å²) >= 11 is 0. The molecule has 0 saturated carbocycles. The van der Waals surface area contributed by atoms with Crippen molar-refractivity contribution in [1.29, 1.82) is 0 Å². The highest BCUT2D eigenvalue weighted by atomic mass is 16.5. The summed E-state index contributed by atoms with van der Waals surface area (Å²) in [6.45, 7) is 3.19. The zero-order chi connectivity index (χ0) is 20.8. The van der Waals surface area contributed by atoms with Crippen LogP contribution in [0.5, 0.6) is 5.75 Å². The summed E-state index contributed by atoms with van der Waals surface area (Å²) in [5, 5.41) is 3.23. The number of nitrogens with zero attached hydrogens (tertiary/aromatic N) is 1. The lowest BCUT2D eigenvalue weighted by Gasteiger charge is -2.21. The summed E-state index contributed by atoms with van der Waals surface area (Å²) in [7, 11) is 1.65. The minimum atomic E-state index is -0.230. The van der Waals surface area contributed by atoms with Crippen LogP contribution < -0.4 is 10.1 Å². The molecule has 30 heavy (non-hydrogen) atoms. The summed E-state index contributed by atoms with van der Waals surface area (Å²) in [5.41, 5.74) is 3.94. The second kappa shape index (κ2) is 9.59. The lowest BCUT2D eigenvalue weighted by atomic mass is 9.98. The summed E-state index contributed by atoms with van der Waals surface area (Å²) in [4.78, 5) is 15.6. The molecule has 0 spiro atoms. The van der Waals surface area contributed by atoms with E-state index >= 15 is 0 Å². The molecule has 1 aliphatic rings. The van der Waals surface area contributed by atoms with Crippen LogP contribution in [0.15, 0.2) is 78.9 Å². The molecular weight excluding hydrogens is 372 g/mol. The second-order valence-electron chi connectivity index (χ2n) is 7.77. The molecule has 154 valence electrons. The molecule has 4 nitrogen and oxygen atoms in total. The van der Waals surface area contributed by atoms with E-state index in [1.165, 1.54) is 18.4 Å². The van der Waals surface area contributed by atoms with E-state index in [-0.39, 0.29) is 11.9 Å². The molecule has 1 heterocycles. The summed E-state index contributed by atoms with van der Waals surface area (Å²) in [6.07, 6.45) is 2.53. The first-order valence-corrected chi connectivity index (χ1v) is 10.5. The smallest absolute Gasteiger partial charge is 0.252 e. The Bertz CT molecular complexity index is 964. The first-order chi connectivity index (χ1) is 14.7. The van der Waals surface area contributed by atoms with Gasteiger partial charge in [0.25, 0.3) is 5.91 Å². The fourth-order valence-electron chi connectivity index (χ4n) is 4.03. The van der Waals surface area contributed by atoms with Crippen molar-refractivity contribution < 1.29 is 9.53 Å². The number of carbonyl (C=O) groups excluding carboxylic acids is 1. The maximum absolute atomic E-state index is 13.2. The fraction of sp³-hybridized carbons (Fsp3) is 0.269. The Hall–Kier alpha value is -3.11. The van der Waals surface area contributed by atoms with Gasteiger partial charge in [-0.3, -0.25) is 9.69 Å². The van der Waals surface area contributed by atoms with Gasteiger partial charge in [0, 0.05) is 12.1 Å². The monoisotopic (exact) mass is 400 g/mol. The molecule has 0 aliphatic carbocycles. The molecular formula is C26H28N2O2. The Kier molecular flexibility index (Phi) is 6.45. The van der Waals surface area contributed by atoms with Gasteiger partial charge in [-0.05, 0) is 66.9 Å². The van der Waals surface area contributed by atoms with Gasteiger partial charge in [-0.1, -0.05) is 54.6 Å². The van der Waals surface area contributed by atoms with E-state index in [4.69, 9.17) is 4.74 Å². The van der Waals surface area contributed by atoms with Crippen LogP contribution in [0.25, 0.3) is 0 Å². The van der Waals surface area contributed by atoms with Crippen LogP contribution in [-0.2, 0) is 6.54 Å². The maximum atomic E-state index is 13.2. The van der Waals surface area contributed by atoms with Crippen LogP contribution in [0.1, 0.15) is 45.9 Å². The van der Waals surface area contributed by atoms with E-state index < -0.39 is 0 Å². The minimum absolute atomic E-state index is 0.0667. The average molecular weight is 401 g/mol. The van der Waals surface area contributed by atoms with E-state index in [0.717, 1.165) is 36.5 Å². The number of benzene rings is 3. The van der Waals surface area contributed by atoms with E-state index in [1.807, 2.05) is 72.8 Å². The first-order valence-electron chi connectivity index (χ1n) is 10.5. The number of hydrogen-bond donors (Lipinski definition) is 1. The van der Waals surface area contributed by atoms with Crippen molar-refractivity contribution in [3.63, 3.8) is 0 Å². The molecule has 4 rings (SSSR count).